The molecule has 1 aromatic rings. The van der Waals surface area contributed by atoms with Crippen molar-refractivity contribution in [2.75, 3.05) is 14.1 Å². The highest BCUT2D eigenvalue weighted by molar-refractivity contribution is 5.38. The fourth-order valence-electron chi connectivity index (χ4n) is 1.27. The van der Waals surface area contributed by atoms with Gasteiger partial charge in [-0.2, -0.15) is 0 Å². The molecule has 0 heterocycles. The van der Waals surface area contributed by atoms with Crippen molar-refractivity contribution in [1.29, 1.82) is 0 Å². The minimum absolute atomic E-state index is 0.0302. The molecule has 1 rings (SSSR count). The smallest absolute Gasteiger partial charge is 0.120 e. The normalized spacial score (nSPS) is 10.8. The summed E-state index contributed by atoms with van der Waals surface area (Å²) in [5.41, 5.74) is 1.59. The molecule has 3 heteroatoms. The van der Waals surface area contributed by atoms with E-state index >= 15 is 0 Å². The van der Waals surface area contributed by atoms with Gasteiger partial charge in [0.2, 0.25) is 0 Å². The van der Waals surface area contributed by atoms with Crippen molar-refractivity contribution >= 4 is 0 Å². The summed E-state index contributed by atoms with van der Waals surface area (Å²) >= 11 is 0. The van der Waals surface area contributed by atoms with Crippen LogP contribution in [0.3, 0.4) is 0 Å². The molecular formula is C10H15NO2. The first-order valence-corrected chi connectivity index (χ1v) is 4.20. The van der Waals surface area contributed by atoms with Crippen molar-refractivity contribution in [1.82, 2.24) is 4.90 Å². The number of benzene rings is 1. The van der Waals surface area contributed by atoms with Crippen molar-refractivity contribution in [3.05, 3.63) is 29.3 Å². The molecule has 0 saturated carbocycles. The van der Waals surface area contributed by atoms with Crippen molar-refractivity contribution in [3.8, 4) is 5.75 Å². The average Bonchev–Trinajstić information content (AvgIpc) is 2.08. The quantitative estimate of drug-likeness (QED) is 0.729. The van der Waals surface area contributed by atoms with Crippen LogP contribution >= 0.6 is 0 Å². The molecule has 0 fully saturated rings. The maximum Gasteiger partial charge on any atom is 0.120 e. The van der Waals surface area contributed by atoms with Gasteiger partial charge in [-0.05, 0) is 25.7 Å². The van der Waals surface area contributed by atoms with Crippen LogP contribution in [0.1, 0.15) is 11.1 Å². The number of aromatic hydroxyl groups is 1. The Morgan fingerprint density at radius 1 is 1.31 bits per heavy atom. The van der Waals surface area contributed by atoms with E-state index in [0.29, 0.717) is 6.54 Å². The zero-order valence-electron chi connectivity index (χ0n) is 7.99. The van der Waals surface area contributed by atoms with Crippen molar-refractivity contribution in [3.63, 3.8) is 0 Å². The fourth-order valence-corrected chi connectivity index (χ4v) is 1.27. The summed E-state index contributed by atoms with van der Waals surface area (Å²) in [4.78, 5) is 1.95. The van der Waals surface area contributed by atoms with E-state index in [0.717, 1.165) is 11.1 Å². The first-order valence-electron chi connectivity index (χ1n) is 4.20. The van der Waals surface area contributed by atoms with E-state index in [4.69, 9.17) is 5.11 Å². The molecule has 0 aromatic heterocycles. The maximum atomic E-state index is 9.53. The van der Waals surface area contributed by atoms with Crippen LogP contribution in [0, 0.1) is 0 Å². The van der Waals surface area contributed by atoms with Gasteiger partial charge in [-0.3, -0.25) is 0 Å². The lowest BCUT2D eigenvalue weighted by molar-refractivity contribution is 0.276. The third-order valence-corrected chi connectivity index (χ3v) is 1.89. The maximum absolute atomic E-state index is 9.53. The van der Waals surface area contributed by atoms with Crippen LogP contribution in [0.25, 0.3) is 0 Å². The molecule has 0 saturated heterocycles. The van der Waals surface area contributed by atoms with Crippen molar-refractivity contribution in [2.24, 2.45) is 0 Å². The third kappa shape index (κ3) is 2.44. The van der Waals surface area contributed by atoms with Crippen LogP contribution in [0.2, 0.25) is 0 Å². The third-order valence-electron chi connectivity index (χ3n) is 1.89. The number of nitrogens with zero attached hydrogens (tertiary/aromatic N) is 1. The minimum Gasteiger partial charge on any atom is -0.508 e. The van der Waals surface area contributed by atoms with Gasteiger partial charge >= 0.3 is 0 Å². The highest BCUT2D eigenvalue weighted by Gasteiger charge is 2.07. The van der Waals surface area contributed by atoms with E-state index in [-0.39, 0.29) is 12.4 Å². The Balaban J connectivity index is 3.00. The molecule has 0 spiro atoms. The van der Waals surface area contributed by atoms with Crippen LogP contribution in [0.15, 0.2) is 18.2 Å². The molecule has 0 aliphatic rings. The molecule has 0 aliphatic heterocycles. The van der Waals surface area contributed by atoms with Crippen LogP contribution in [-0.4, -0.2) is 29.2 Å². The lowest BCUT2D eigenvalue weighted by Crippen LogP contribution is -2.12. The highest BCUT2D eigenvalue weighted by Crippen LogP contribution is 2.21. The summed E-state index contributed by atoms with van der Waals surface area (Å²) in [6.07, 6.45) is 0. The summed E-state index contributed by atoms with van der Waals surface area (Å²) in [6, 6.07) is 5.19. The number of aliphatic hydroxyl groups excluding tert-OH is 1. The minimum atomic E-state index is -0.0302. The second kappa shape index (κ2) is 4.25. The SMILES string of the molecule is CN(C)Cc1c(O)cccc1CO. The number of hydrogen-bond acceptors (Lipinski definition) is 3. The van der Waals surface area contributed by atoms with E-state index in [1.165, 1.54) is 0 Å². The largest absolute Gasteiger partial charge is 0.508 e. The van der Waals surface area contributed by atoms with E-state index in [1.54, 1.807) is 12.1 Å². The molecule has 13 heavy (non-hydrogen) atoms. The van der Waals surface area contributed by atoms with E-state index in [2.05, 4.69) is 0 Å². The molecule has 3 nitrogen and oxygen atoms in total. The van der Waals surface area contributed by atoms with Crippen LogP contribution < -0.4 is 0 Å². The summed E-state index contributed by atoms with van der Waals surface area (Å²) in [7, 11) is 3.85. The number of hydrogen-bond donors (Lipinski definition) is 2. The first kappa shape index (κ1) is 10.0. The number of aliphatic hydroxyl groups is 1. The standard InChI is InChI=1S/C10H15NO2/c1-11(2)6-9-8(7-12)4-3-5-10(9)13/h3-5,12-13H,6-7H2,1-2H3. The molecule has 0 atom stereocenters. The molecule has 0 unspecified atom stereocenters. The Labute approximate surface area is 78.2 Å². The molecule has 0 aliphatic carbocycles. The van der Waals surface area contributed by atoms with Gasteiger partial charge in [0.15, 0.2) is 0 Å². The lowest BCUT2D eigenvalue weighted by atomic mass is 10.1. The predicted molar refractivity (Wildman–Crippen MR) is 51.4 cm³/mol. The summed E-state index contributed by atoms with van der Waals surface area (Å²) in [5.74, 6) is 0.250. The zero-order chi connectivity index (χ0) is 9.84. The van der Waals surface area contributed by atoms with E-state index in [9.17, 15) is 5.11 Å². The lowest BCUT2D eigenvalue weighted by Gasteiger charge is -2.14. The Kier molecular flexibility index (Phi) is 3.28. The van der Waals surface area contributed by atoms with Gasteiger partial charge in [-0.25, -0.2) is 0 Å². The molecule has 0 radical (unpaired) electrons. The number of rotatable bonds is 3. The molecule has 0 bridgehead atoms. The summed E-state index contributed by atoms with van der Waals surface area (Å²) < 4.78 is 0. The van der Waals surface area contributed by atoms with Gasteiger partial charge in [0.25, 0.3) is 0 Å². The van der Waals surface area contributed by atoms with Crippen LogP contribution in [0.4, 0.5) is 0 Å². The first-order chi connectivity index (χ1) is 6.15. The van der Waals surface area contributed by atoms with Gasteiger partial charge in [0.1, 0.15) is 5.75 Å². The van der Waals surface area contributed by atoms with Gasteiger partial charge < -0.3 is 15.1 Å². The Bertz CT molecular complexity index is 284. The van der Waals surface area contributed by atoms with Gasteiger partial charge in [0.05, 0.1) is 6.61 Å². The number of phenolic OH excluding ortho intramolecular Hbond substituents is 1. The average molecular weight is 181 g/mol. The second-order valence-electron chi connectivity index (χ2n) is 3.31. The summed E-state index contributed by atoms with van der Waals surface area (Å²) in [6.45, 7) is 0.611. The molecule has 0 amide bonds. The fraction of sp³-hybridized carbons (Fsp3) is 0.400. The molecular weight excluding hydrogens is 166 g/mol. The second-order valence-corrected chi connectivity index (χ2v) is 3.31. The highest BCUT2D eigenvalue weighted by atomic mass is 16.3. The Morgan fingerprint density at radius 3 is 2.54 bits per heavy atom. The molecule has 1 aromatic carbocycles. The Hall–Kier alpha value is -1.06. The van der Waals surface area contributed by atoms with E-state index in [1.807, 2.05) is 25.1 Å². The Morgan fingerprint density at radius 2 is 2.00 bits per heavy atom. The zero-order valence-corrected chi connectivity index (χ0v) is 7.99. The van der Waals surface area contributed by atoms with Crippen molar-refractivity contribution in [2.45, 2.75) is 13.2 Å². The molecule has 2 N–H and O–H groups in total. The van der Waals surface area contributed by atoms with Crippen molar-refractivity contribution < 1.29 is 10.2 Å². The predicted octanol–water partition coefficient (Wildman–Crippen LogP) is 0.946. The van der Waals surface area contributed by atoms with Gasteiger partial charge in [-0.1, -0.05) is 12.1 Å². The van der Waals surface area contributed by atoms with Crippen LogP contribution in [-0.2, 0) is 13.2 Å². The topological polar surface area (TPSA) is 43.7 Å². The van der Waals surface area contributed by atoms with Crippen LogP contribution in [0.5, 0.6) is 5.75 Å². The van der Waals surface area contributed by atoms with Gasteiger partial charge in [0, 0.05) is 12.1 Å². The monoisotopic (exact) mass is 181 g/mol. The summed E-state index contributed by atoms with van der Waals surface area (Å²) in [5, 5.41) is 18.6. The van der Waals surface area contributed by atoms with E-state index < -0.39 is 0 Å². The number of phenols is 1. The molecule has 72 valence electrons. The van der Waals surface area contributed by atoms with Gasteiger partial charge in [-0.15, -0.1) is 0 Å².